The van der Waals surface area contributed by atoms with Crippen molar-refractivity contribution >= 4 is 32.8 Å². The summed E-state index contributed by atoms with van der Waals surface area (Å²) in [6, 6.07) is 33.9. The van der Waals surface area contributed by atoms with Gasteiger partial charge in [0.2, 0.25) is 0 Å². The van der Waals surface area contributed by atoms with E-state index in [2.05, 4.69) is 21.2 Å². The second kappa shape index (κ2) is 12.1. The van der Waals surface area contributed by atoms with Crippen molar-refractivity contribution in [3.05, 3.63) is 142 Å². The molecule has 0 aliphatic heterocycles. The van der Waals surface area contributed by atoms with E-state index in [9.17, 15) is 4.79 Å². The van der Waals surface area contributed by atoms with Crippen molar-refractivity contribution in [2.24, 2.45) is 0 Å². The highest BCUT2D eigenvalue weighted by molar-refractivity contribution is 9.10. The summed E-state index contributed by atoms with van der Waals surface area (Å²) in [5.41, 5.74) is 3.49. The minimum Gasteiger partial charge on any atom is -0.305 e. The molecule has 0 bridgehead atoms. The molecule has 0 fully saturated rings. The SMILES string of the molecule is O=C(SCc1ccccc1)[C@@H](c1ccccc1F)[C@@H](NCc1ccccc1)c1ccc(Br)cc1. The number of carbonyl (C=O) groups is 1. The summed E-state index contributed by atoms with van der Waals surface area (Å²) in [5.74, 6) is -0.527. The van der Waals surface area contributed by atoms with Crippen LogP contribution in [-0.4, -0.2) is 5.12 Å². The maximum absolute atomic E-state index is 15.1. The lowest BCUT2D eigenvalue weighted by molar-refractivity contribution is -0.113. The van der Waals surface area contributed by atoms with E-state index in [0.717, 1.165) is 21.2 Å². The van der Waals surface area contributed by atoms with Gasteiger partial charge in [0.15, 0.2) is 5.12 Å². The second-order valence-electron chi connectivity index (χ2n) is 7.99. The Kier molecular flexibility index (Phi) is 8.69. The molecule has 0 aromatic heterocycles. The van der Waals surface area contributed by atoms with E-state index in [1.54, 1.807) is 18.2 Å². The average Bonchev–Trinajstić information content (AvgIpc) is 2.88. The molecule has 0 unspecified atom stereocenters. The molecule has 1 N–H and O–H groups in total. The Morgan fingerprint density at radius 2 is 1.38 bits per heavy atom. The minimum atomic E-state index is -0.695. The van der Waals surface area contributed by atoms with Gasteiger partial charge in [-0.15, -0.1) is 0 Å². The van der Waals surface area contributed by atoms with Crippen LogP contribution in [0, 0.1) is 5.82 Å². The largest absolute Gasteiger partial charge is 0.305 e. The van der Waals surface area contributed by atoms with E-state index in [4.69, 9.17) is 0 Å². The van der Waals surface area contributed by atoms with Crippen molar-refractivity contribution in [1.29, 1.82) is 0 Å². The molecule has 4 rings (SSSR count). The summed E-state index contributed by atoms with van der Waals surface area (Å²) in [6.07, 6.45) is 0. The molecule has 0 radical (unpaired) electrons. The number of thioether (sulfide) groups is 1. The lowest BCUT2D eigenvalue weighted by Crippen LogP contribution is -2.31. The van der Waals surface area contributed by atoms with Gasteiger partial charge in [-0.25, -0.2) is 4.39 Å². The zero-order valence-electron chi connectivity index (χ0n) is 18.5. The van der Waals surface area contributed by atoms with E-state index in [-0.39, 0.29) is 10.9 Å². The van der Waals surface area contributed by atoms with Crippen LogP contribution in [0.3, 0.4) is 0 Å². The number of hydrogen-bond donors (Lipinski definition) is 1. The molecule has 34 heavy (non-hydrogen) atoms. The fourth-order valence-corrected chi connectivity index (χ4v) is 5.12. The quantitative estimate of drug-likeness (QED) is 0.239. The van der Waals surface area contributed by atoms with Gasteiger partial charge in [0.25, 0.3) is 0 Å². The molecule has 0 amide bonds. The fraction of sp³-hybridized carbons (Fsp3) is 0.138. The molecule has 172 valence electrons. The number of benzene rings is 4. The molecule has 0 heterocycles. The lowest BCUT2D eigenvalue weighted by Gasteiger charge is -2.28. The molecule has 4 aromatic carbocycles. The maximum Gasteiger partial charge on any atom is 0.198 e. The summed E-state index contributed by atoms with van der Waals surface area (Å²) < 4.78 is 16.0. The third kappa shape index (κ3) is 6.44. The van der Waals surface area contributed by atoms with Crippen LogP contribution in [0.5, 0.6) is 0 Å². The first-order valence-corrected chi connectivity index (χ1v) is 12.9. The first kappa shape index (κ1) is 24.4. The predicted molar refractivity (Wildman–Crippen MR) is 142 cm³/mol. The maximum atomic E-state index is 15.1. The van der Waals surface area contributed by atoms with Crippen LogP contribution in [0.15, 0.2) is 114 Å². The van der Waals surface area contributed by atoms with Crippen molar-refractivity contribution in [2.75, 3.05) is 0 Å². The summed E-state index contributed by atoms with van der Waals surface area (Å²) in [5, 5.41) is 3.49. The Bertz CT molecular complexity index is 1200. The molecular weight excluding hydrogens is 509 g/mol. The second-order valence-corrected chi connectivity index (χ2v) is 9.88. The predicted octanol–water partition coefficient (Wildman–Crippen LogP) is 7.66. The summed E-state index contributed by atoms with van der Waals surface area (Å²) >= 11 is 4.73. The van der Waals surface area contributed by atoms with E-state index in [1.165, 1.54) is 17.8 Å². The van der Waals surface area contributed by atoms with Crippen molar-refractivity contribution in [3.63, 3.8) is 0 Å². The van der Waals surface area contributed by atoms with Crippen LogP contribution in [0.2, 0.25) is 0 Å². The fourth-order valence-electron chi connectivity index (χ4n) is 3.91. The normalized spacial score (nSPS) is 12.8. The zero-order valence-corrected chi connectivity index (χ0v) is 20.9. The highest BCUT2D eigenvalue weighted by Crippen LogP contribution is 2.38. The first-order valence-electron chi connectivity index (χ1n) is 11.1. The molecule has 2 atom stereocenters. The van der Waals surface area contributed by atoms with E-state index >= 15 is 4.39 Å². The number of nitrogens with one attached hydrogen (secondary N) is 1. The van der Waals surface area contributed by atoms with E-state index < -0.39 is 12.0 Å². The van der Waals surface area contributed by atoms with E-state index in [1.807, 2.05) is 84.9 Å². The molecule has 2 nitrogen and oxygen atoms in total. The van der Waals surface area contributed by atoms with Crippen molar-refractivity contribution in [1.82, 2.24) is 5.32 Å². The Morgan fingerprint density at radius 3 is 2.03 bits per heavy atom. The monoisotopic (exact) mass is 533 g/mol. The number of carbonyl (C=O) groups excluding carboxylic acids is 1. The van der Waals surface area contributed by atoms with Crippen LogP contribution < -0.4 is 5.32 Å². The molecule has 4 aromatic rings. The molecular formula is C29H25BrFNOS. The van der Waals surface area contributed by atoms with Crippen molar-refractivity contribution in [3.8, 4) is 0 Å². The average molecular weight is 534 g/mol. The van der Waals surface area contributed by atoms with Gasteiger partial charge in [0, 0.05) is 28.4 Å². The van der Waals surface area contributed by atoms with Crippen LogP contribution in [-0.2, 0) is 17.1 Å². The van der Waals surface area contributed by atoms with Crippen LogP contribution in [0.25, 0.3) is 0 Å². The third-order valence-corrected chi connectivity index (χ3v) is 7.19. The zero-order chi connectivity index (χ0) is 23.8. The smallest absolute Gasteiger partial charge is 0.198 e. The minimum absolute atomic E-state index is 0.0672. The van der Waals surface area contributed by atoms with Gasteiger partial charge in [-0.2, -0.15) is 0 Å². The number of hydrogen-bond acceptors (Lipinski definition) is 3. The lowest BCUT2D eigenvalue weighted by atomic mass is 9.87. The molecule has 0 aliphatic carbocycles. The van der Waals surface area contributed by atoms with Crippen LogP contribution in [0.4, 0.5) is 4.39 Å². The van der Waals surface area contributed by atoms with Gasteiger partial charge >= 0.3 is 0 Å². The molecule has 0 saturated carbocycles. The number of rotatable bonds is 9. The Morgan fingerprint density at radius 1 is 0.794 bits per heavy atom. The number of halogens is 2. The van der Waals surface area contributed by atoms with Crippen LogP contribution >= 0.6 is 27.7 Å². The highest BCUT2D eigenvalue weighted by atomic mass is 79.9. The standard InChI is InChI=1S/C29H25BrFNOS/c30-24-17-15-23(16-18-24)28(32-19-21-9-3-1-4-10-21)27(25-13-7-8-14-26(25)31)29(33)34-20-22-11-5-2-6-12-22/h1-18,27-28,32H,19-20H2/t27-,28-/m0/s1. The first-order chi connectivity index (χ1) is 16.6. The molecule has 0 spiro atoms. The topological polar surface area (TPSA) is 29.1 Å². The van der Waals surface area contributed by atoms with Crippen LogP contribution in [0.1, 0.15) is 34.2 Å². The van der Waals surface area contributed by atoms with Gasteiger partial charge < -0.3 is 5.32 Å². The van der Waals surface area contributed by atoms with Crippen molar-refractivity contribution in [2.45, 2.75) is 24.3 Å². The third-order valence-electron chi connectivity index (χ3n) is 5.65. The summed E-state index contributed by atoms with van der Waals surface area (Å²) in [7, 11) is 0. The van der Waals surface area contributed by atoms with Gasteiger partial charge in [0.05, 0.1) is 5.92 Å². The van der Waals surface area contributed by atoms with Gasteiger partial charge in [0.1, 0.15) is 5.82 Å². The molecule has 0 saturated heterocycles. The summed E-state index contributed by atoms with van der Waals surface area (Å²) in [4.78, 5) is 13.7. The molecule has 0 aliphatic rings. The highest BCUT2D eigenvalue weighted by Gasteiger charge is 2.33. The van der Waals surface area contributed by atoms with Gasteiger partial charge in [-0.1, -0.05) is 119 Å². The summed E-state index contributed by atoms with van der Waals surface area (Å²) in [6.45, 7) is 0.559. The molecule has 5 heteroatoms. The van der Waals surface area contributed by atoms with E-state index in [0.29, 0.717) is 17.9 Å². The van der Waals surface area contributed by atoms with Crippen molar-refractivity contribution < 1.29 is 9.18 Å². The van der Waals surface area contributed by atoms with Gasteiger partial charge in [-0.3, -0.25) is 4.79 Å². The Labute approximate surface area is 212 Å². The Balaban J connectivity index is 1.69. The Hall–Kier alpha value is -2.73. The van der Waals surface area contributed by atoms with Gasteiger partial charge in [-0.05, 0) is 34.9 Å².